The van der Waals surface area contributed by atoms with Gasteiger partial charge in [0.2, 0.25) is 0 Å². The summed E-state index contributed by atoms with van der Waals surface area (Å²) in [5, 5.41) is 17.9. The summed E-state index contributed by atoms with van der Waals surface area (Å²) < 4.78 is 15.3. The number of carbonyl (C=O) groups is 1. The van der Waals surface area contributed by atoms with Crippen molar-refractivity contribution in [3.8, 4) is 0 Å². The largest absolute Gasteiger partial charge is 0.472 e. The first kappa shape index (κ1) is 19.9. The zero-order chi connectivity index (χ0) is 15.4. The van der Waals surface area contributed by atoms with E-state index in [4.69, 9.17) is 10.00 Å². The molecule has 0 aromatic carbocycles. The molecule has 0 aliphatic heterocycles. The highest BCUT2D eigenvalue weighted by Gasteiger charge is 2.30. The average molecular weight is 328 g/mol. The van der Waals surface area contributed by atoms with Crippen LogP contribution in [0.15, 0.2) is 0 Å². The number of thioether (sulfide) groups is 1. The Bertz CT molecular complexity index is 312. The Morgan fingerprint density at radius 3 is 2.45 bits per heavy atom. The SMILES string of the molecule is CCCCCCCCSC[C@@H](O)COP(=O)(O)C(=O)O. The number of carboxylic acid groups (broad SMARTS) is 1. The molecule has 0 heterocycles. The van der Waals surface area contributed by atoms with Gasteiger partial charge in [-0.15, -0.1) is 0 Å². The van der Waals surface area contributed by atoms with Crippen LogP contribution in [0, 0.1) is 0 Å². The molecule has 0 fully saturated rings. The van der Waals surface area contributed by atoms with Gasteiger partial charge < -0.3 is 15.1 Å². The minimum absolute atomic E-state index is 0.370. The van der Waals surface area contributed by atoms with E-state index in [1.807, 2.05) is 0 Å². The van der Waals surface area contributed by atoms with Crippen LogP contribution in [0.4, 0.5) is 4.79 Å². The van der Waals surface area contributed by atoms with E-state index in [1.54, 1.807) is 0 Å². The molecule has 0 aliphatic carbocycles. The zero-order valence-corrected chi connectivity index (χ0v) is 13.6. The summed E-state index contributed by atoms with van der Waals surface area (Å²) in [4.78, 5) is 19.2. The number of aliphatic hydroxyl groups is 1. The lowest BCUT2D eigenvalue weighted by Crippen LogP contribution is -2.18. The first-order chi connectivity index (χ1) is 9.40. The van der Waals surface area contributed by atoms with Crippen molar-refractivity contribution in [2.75, 3.05) is 18.1 Å². The number of hydrogen-bond donors (Lipinski definition) is 3. The first-order valence-electron chi connectivity index (χ1n) is 6.86. The molecule has 0 bridgehead atoms. The molecule has 0 saturated carbocycles. The van der Waals surface area contributed by atoms with Crippen molar-refractivity contribution in [1.82, 2.24) is 0 Å². The van der Waals surface area contributed by atoms with Crippen molar-refractivity contribution in [1.29, 1.82) is 0 Å². The lowest BCUT2D eigenvalue weighted by atomic mass is 10.1. The molecule has 0 amide bonds. The summed E-state index contributed by atoms with van der Waals surface area (Å²) >= 11 is 1.54. The van der Waals surface area contributed by atoms with E-state index in [1.165, 1.54) is 43.9 Å². The summed E-state index contributed by atoms with van der Waals surface area (Å²) in [7, 11) is -4.63. The number of unbranched alkanes of at least 4 members (excludes halogenated alkanes) is 5. The fourth-order valence-electron chi connectivity index (χ4n) is 1.49. The fraction of sp³-hybridized carbons (Fsp3) is 0.917. The van der Waals surface area contributed by atoms with Crippen LogP contribution in [0.25, 0.3) is 0 Å². The molecule has 8 heteroatoms. The Morgan fingerprint density at radius 1 is 1.25 bits per heavy atom. The van der Waals surface area contributed by atoms with Gasteiger partial charge in [0.15, 0.2) is 0 Å². The summed E-state index contributed by atoms with van der Waals surface area (Å²) in [5.41, 5.74) is -1.90. The minimum Gasteiger partial charge on any atom is -0.472 e. The fourth-order valence-corrected chi connectivity index (χ4v) is 2.92. The Hall–Kier alpha value is -0.0700. The molecule has 0 rings (SSSR count). The molecule has 1 unspecified atom stereocenters. The van der Waals surface area contributed by atoms with E-state index >= 15 is 0 Å². The molecule has 0 aromatic rings. The van der Waals surface area contributed by atoms with Crippen molar-refractivity contribution >= 4 is 25.1 Å². The second-order valence-electron chi connectivity index (χ2n) is 4.60. The maximum atomic E-state index is 10.9. The quantitative estimate of drug-likeness (QED) is 0.352. The number of rotatable bonds is 13. The van der Waals surface area contributed by atoms with Crippen LogP contribution in [0.2, 0.25) is 0 Å². The highest BCUT2D eigenvalue weighted by atomic mass is 32.2. The summed E-state index contributed by atoms with van der Waals surface area (Å²) in [6, 6.07) is 0. The maximum Gasteiger partial charge on any atom is 0.435 e. The third-order valence-corrected chi connectivity index (χ3v) is 4.82. The molecule has 0 aromatic heterocycles. The molecule has 6 nitrogen and oxygen atoms in total. The van der Waals surface area contributed by atoms with E-state index in [-0.39, 0.29) is 0 Å². The third-order valence-electron chi connectivity index (χ3n) is 2.64. The van der Waals surface area contributed by atoms with E-state index < -0.39 is 26.0 Å². The van der Waals surface area contributed by atoms with Gasteiger partial charge >= 0.3 is 13.3 Å². The van der Waals surface area contributed by atoms with Crippen molar-refractivity contribution in [2.45, 2.75) is 51.6 Å². The van der Waals surface area contributed by atoms with Gasteiger partial charge in [-0.05, 0) is 12.2 Å². The van der Waals surface area contributed by atoms with Gasteiger partial charge in [-0.25, -0.2) is 9.36 Å². The van der Waals surface area contributed by atoms with Crippen LogP contribution < -0.4 is 0 Å². The molecule has 20 heavy (non-hydrogen) atoms. The van der Waals surface area contributed by atoms with Gasteiger partial charge in [0.05, 0.1) is 12.7 Å². The molecule has 0 radical (unpaired) electrons. The summed E-state index contributed by atoms with van der Waals surface area (Å²) in [6.45, 7) is 1.73. The minimum atomic E-state index is -4.63. The third kappa shape index (κ3) is 10.7. The monoisotopic (exact) mass is 328 g/mol. The lowest BCUT2D eigenvalue weighted by Gasteiger charge is -2.12. The second kappa shape index (κ2) is 11.6. The van der Waals surface area contributed by atoms with Crippen molar-refractivity contribution < 1.29 is 29.0 Å². The van der Waals surface area contributed by atoms with Gasteiger partial charge in [-0.3, -0.25) is 4.52 Å². The highest BCUT2D eigenvalue weighted by molar-refractivity contribution is 7.99. The van der Waals surface area contributed by atoms with Crippen LogP contribution in [0.3, 0.4) is 0 Å². The van der Waals surface area contributed by atoms with Crippen LogP contribution in [0.1, 0.15) is 45.4 Å². The highest BCUT2D eigenvalue weighted by Crippen LogP contribution is 2.42. The predicted octanol–water partition coefficient (Wildman–Crippen LogP) is 3.32. The number of aliphatic hydroxyl groups excluding tert-OH is 1. The van der Waals surface area contributed by atoms with Gasteiger partial charge in [0.25, 0.3) is 0 Å². The van der Waals surface area contributed by atoms with Crippen molar-refractivity contribution in [3.05, 3.63) is 0 Å². The van der Waals surface area contributed by atoms with Crippen molar-refractivity contribution in [3.63, 3.8) is 0 Å². The van der Waals surface area contributed by atoms with E-state index in [2.05, 4.69) is 11.4 Å². The Kier molecular flexibility index (Phi) is 11.5. The van der Waals surface area contributed by atoms with Crippen LogP contribution in [-0.4, -0.2) is 45.0 Å². The predicted molar refractivity (Wildman–Crippen MR) is 80.5 cm³/mol. The second-order valence-corrected chi connectivity index (χ2v) is 7.43. The molecule has 0 saturated heterocycles. The Labute approximate surface area is 124 Å². The lowest BCUT2D eigenvalue weighted by molar-refractivity contribution is 0.115. The zero-order valence-electron chi connectivity index (χ0n) is 11.9. The molecule has 0 aliphatic rings. The van der Waals surface area contributed by atoms with E-state index in [9.17, 15) is 14.5 Å². The van der Waals surface area contributed by atoms with Gasteiger partial charge in [0, 0.05) is 5.75 Å². The smallest absolute Gasteiger partial charge is 0.435 e. The molecule has 0 spiro atoms. The summed E-state index contributed by atoms with van der Waals surface area (Å²) in [6.07, 6.45) is 6.31. The standard InChI is InChI=1S/C12H25O6PS/c1-2-3-4-5-6-7-8-20-10-11(13)9-18-19(16,17)12(14)15/h11,13H,2-10H2,1H3,(H,14,15)(H,16,17)/t11-/m0/s1. The van der Waals surface area contributed by atoms with E-state index in [0.29, 0.717) is 5.75 Å². The molecular formula is C12H25O6PS. The maximum absolute atomic E-state index is 10.9. The van der Waals surface area contributed by atoms with E-state index in [0.717, 1.165) is 12.2 Å². The normalized spacial score (nSPS) is 15.8. The first-order valence-corrected chi connectivity index (χ1v) is 9.60. The van der Waals surface area contributed by atoms with Gasteiger partial charge in [-0.1, -0.05) is 39.0 Å². The molecule has 2 atom stereocenters. The Balaban J connectivity index is 3.48. The number of hydrogen-bond acceptors (Lipinski definition) is 5. The summed E-state index contributed by atoms with van der Waals surface area (Å²) in [5.74, 6) is 1.29. The molecular weight excluding hydrogens is 303 g/mol. The van der Waals surface area contributed by atoms with Crippen molar-refractivity contribution in [2.24, 2.45) is 0 Å². The van der Waals surface area contributed by atoms with Crippen LogP contribution >= 0.6 is 19.4 Å². The average Bonchev–Trinajstić information content (AvgIpc) is 2.39. The van der Waals surface area contributed by atoms with Gasteiger partial charge in [-0.2, -0.15) is 11.8 Å². The Morgan fingerprint density at radius 2 is 1.85 bits per heavy atom. The molecule has 3 N–H and O–H groups in total. The van der Waals surface area contributed by atoms with Crippen LogP contribution in [0.5, 0.6) is 0 Å². The van der Waals surface area contributed by atoms with Crippen LogP contribution in [-0.2, 0) is 9.09 Å². The topological polar surface area (TPSA) is 104 Å². The molecule has 120 valence electrons. The van der Waals surface area contributed by atoms with Gasteiger partial charge in [0.1, 0.15) is 0 Å².